The zero-order valence-corrected chi connectivity index (χ0v) is 11.2. The minimum absolute atomic E-state index is 0.273. The molecule has 0 aromatic carbocycles. The molecule has 0 radical (unpaired) electrons. The van der Waals surface area contributed by atoms with Crippen LogP contribution in [0.5, 0.6) is 0 Å². The van der Waals surface area contributed by atoms with Gasteiger partial charge in [0, 0.05) is 18.2 Å². The maximum Gasteiger partial charge on any atom is 0.126 e. The molecule has 2 rings (SSSR count). The van der Waals surface area contributed by atoms with Crippen molar-refractivity contribution in [3.8, 4) is 0 Å². The number of aromatic nitrogens is 1. The third-order valence-electron chi connectivity index (χ3n) is 2.60. The largest absolute Gasteiger partial charge is 0.382 e. The Morgan fingerprint density at radius 1 is 1.60 bits per heavy atom. The Morgan fingerprint density at radius 2 is 2.33 bits per heavy atom. The van der Waals surface area contributed by atoms with Crippen LogP contribution in [-0.4, -0.2) is 22.3 Å². The lowest BCUT2D eigenvalue weighted by molar-refractivity contribution is -0.148. The fourth-order valence-corrected chi connectivity index (χ4v) is 3.37. The molecule has 1 aliphatic rings. The van der Waals surface area contributed by atoms with Crippen LogP contribution in [0.2, 0.25) is 0 Å². The summed E-state index contributed by atoms with van der Waals surface area (Å²) in [6.07, 6.45) is 1.22. The lowest BCUT2D eigenvalue weighted by Gasteiger charge is -2.40. The number of hydrogen-bond acceptors (Lipinski definition) is 4. The summed E-state index contributed by atoms with van der Waals surface area (Å²) in [4.78, 5) is 4.30. The van der Waals surface area contributed by atoms with Gasteiger partial charge in [0.1, 0.15) is 15.2 Å². The molecule has 0 aliphatic carbocycles. The van der Waals surface area contributed by atoms with Crippen LogP contribution in [0.1, 0.15) is 31.7 Å². The fourth-order valence-electron chi connectivity index (χ4n) is 1.99. The van der Waals surface area contributed by atoms with E-state index in [-0.39, 0.29) is 5.60 Å². The second-order valence-corrected chi connectivity index (χ2v) is 6.21. The molecule has 84 valence electrons. The van der Waals surface area contributed by atoms with Crippen molar-refractivity contribution in [2.24, 2.45) is 0 Å². The number of halogens is 1. The smallest absolute Gasteiger partial charge is 0.126 e. The Kier molecular flexibility index (Phi) is 2.92. The molecule has 15 heavy (non-hydrogen) atoms. The van der Waals surface area contributed by atoms with Crippen molar-refractivity contribution < 1.29 is 9.84 Å². The predicted octanol–water partition coefficient (Wildman–Crippen LogP) is 2.68. The van der Waals surface area contributed by atoms with Gasteiger partial charge < -0.3 is 9.84 Å². The molecule has 3 nitrogen and oxygen atoms in total. The highest BCUT2D eigenvalue weighted by molar-refractivity contribution is 9.10. The molecule has 0 amide bonds. The van der Waals surface area contributed by atoms with Gasteiger partial charge in [-0.2, -0.15) is 0 Å². The monoisotopic (exact) mass is 291 g/mol. The molecule has 0 spiro atoms. The summed E-state index contributed by atoms with van der Waals surface area (Å²) in [6.45, 7) is 4.58. The Hall–Kier alpha value is 0.0300. The summed E-state index contributed by atoms with van der Waals surface area (Å²) in [5, 5.41) is 13.2. The SMILES string of the molecule is CC1(C)CC(O)(c2nc(Br)cs2)CCO1. The quantitative estimate of drug-likeness (QED) is 0.865. The summed E-state index contributed by atoms with van der Waals surface area (Å²) in [5.74, 6) is 0. The lowest BCUT2D eigenvalue weighted by Crippen LogP contribution is -2.43. The number of hydrogen-bond donors (Lipinski definition) is 1. The van der Waals surface area contributed by atoms with Gasteiger partial charge in [-0.15, -0.1) is 11.3 Å². The summed E-state index contributed by atoms with van der Waals surface area (Å²) < 4.78 is 6.39. The van der Waals surface area contributed by atoms with Crippen LogP contribution in [0.4, 0.5) is 0 Å². The number of nitrogens with zero attached hydrogens (tertiary/aromatic N) is 1. The molecular formula is C10H14BrNO2S. The van der Waals surface area contributed by atoms with Gasteiger partial charge >= 0.3 is 0 Å². The minimum atomic E-state index is -0.821. The molecule has 0 bridgehead atoms. The van der Waals surface area contributed by atoms with Gasteiger partial charge in [0.2, 0.25) is 0 Å². The number of thiazole rings is 1. The van der Waals surface area contributed by atoms with Gasteiger partial charge in [0.25, 0.3) is 0 Å². The van der Waals surface area contributed by atoms with Gasteiger partial charge in [-0.3, -0.25) is 0 Å². The highest BCUT2D eigenvalue weighted by Gasteiger charge is 2.42. The molecule has 1 N–H and O–H groups in total. The molecule has 2 heterocycles. The van der Waals surface area contributed by atoms with Crippen molar-refractivity contribution in [2.75, 3.05) is 6.61 Å². The average molecular weight is 292 g/mol. The first-order valence-corrected chi connectivity index (χ1v) is 6.56. The van der Waals surface area contributed by atoms with Gasteiger partial charge in [0.05, 0.1) is 12.2 Å². The summed E-state index contributed by atoms with van der Waals surface area (Å²) >= 11 is 4.80. The Bertz CT molecular complexity index is 366. The molecule has 1 saturated heterocycles. The third-order valence-corrected chi connectivity index (χ3v) is 4.35. The Labute approximate surface area is 102 Å². The van der Waals surface area contributed by atoms with E-state index in [1.54, 1.807) is 0 Å². The number of ether oxygens (including phenoxy) is 1. The zero-order chi connectivity index (χ0) is 11.1. The van der Waals surface area contributed by atoms with Crippen LogP contribution in [0.25, 0.3) is 0 Å². The first-order chi connectivity index (χ1) is 6.91. The molecule has 1 aromatic rings. The van der Waals surface area contributed by atoms with Crippen LogP contribution in [-0.2, 0) is 10.3 Å². The Morgan fingerprint density at radius 3 is 2.87 bits per heavy atom. The summed E-state index contributed by atoms with van der Waals surface area (Å²) in [6, 6.07) is 0. The van der Waals surface area contributed by atoms with Gasteiger partial charge in [-0.1, -0.05) is 0 Å². The minimum Gasteiger partial charge on any atom is -0.382 e. The summed E-state index contributed by atoms with van der Waals surface area (Å²) in [5.41, 5.74) is -1.09. The number of aliphatic hydroxyl groups is 1. The normalized spacial score (nSPS) is 30.4. The van der Waals surface area contributed by atoms with Crippen molar-refractivity contribution in [1.82, 2.24) is 4.98 Å². The fraction of sp³-hybridized carbons (Fsp3) is 0.700. The molecule has 1 fully saturated rings. The van der Waals surface area contributed by atoms with Crippen molar-refractivity contribution in [3.63, 3.8) is 0 Å². The van der Waals surface area contributed by atoms with Crippen molar-refractivity contribution >= 4 is 27.3 Å². The maximum absolute atomic E-state index is 10.5. The second kappa shape index (κ2) is 3.80. The van der Waals surface area contributed by atoms with Crippen molar-refractivity contribution in [1.29, 1.82) is 0 Å². The van der Waals surface area contributed by atoms with E-state index in [4.69, 9.17) is 4.74 Å². The molecule has 5 heteroatoms. The van der Waals surface area contributed by atoms with E-state index < -0.39 is 5.60 Å². The van der Waals surface area contributed by atoms with Gasteiger partial charge in [-0.25, -0.2) is 4.98 Å². The lowest BCUT2D eigenvalue weighted by atomic mass is 9.85. The maximum atomic E-state index is 10.5. The van der Waals surface area contributed by atoms with Gasteiger partial charge in [0.15, 0.2) is 0 Å². The highest BCUT2D eigenvalue weighted by Crippen LogP contribution is 2.40. The topological polar surface area (TPSA) is 42.4 Å². The first kappa shape index (κ1) is 11.5. The average Bonchev–Trinajstić information content (AvgIpc) is 2.49. The van der Waals surface area contributed by atoms with E-state index in [1.165, 1.54) is 11.3 Å². The van der Waals surface area contributed by atoms with Crippen LogP contribution >= 0.6 is 27.3 Å². The molecule has 0 saturated carbocycles. The van der Waals surface area contributed by atoms with Crippen molar-refractivity contribution in [3.05, 3.63) is 15.0 Å². The van der Waals surface area contributed by atoms with Crippen molar-refractivity contribution in [2.45, 2.75) is 37.9 Å². The molecule has 1 aromatic heterocycles. The first-order valence-electron chi connectivity index (χ1n) is 4.89. The molecule has 1 unspecified atom stereocenters. The van der Waals surface area contributed by atoms with Crippen LogP contribution in [0, 0.1) is 0 Å². The van der Waals surface area contributed by atoms with E-state index in [9.17, 15) is 5.11 Å². The zero-order valence-electron chi connectivity index (χ0n) is 8.79. The predicted molar refractivity (Wildman–Crippen MR) is 63.0 cm³/mol. The molecular weight excluding hydrogens is 278 g/mol. The standard InChI is InChI=1S/C10H14BrNO2S/c1-9(2)6-10(13,3-4-14-9)8-12-7(11)5-15-8/h5,13H,3-4,6H2,1-2H3. The molecule has 1 aliphatic heterocycles. The Balaban J connectivity index is 2.26. The van der Waals surface area contributed by atoms with Crippen LogP contribution < -0.4 is 0 Å². The summed E-state index contributed by atoms with van der Waals surface area (Å²) in [7, 11) is 0. The molecule has 1 atom stereocenters. The van der Waals surface area contributed by atoms with Crippen LogP contribution in [0.15, 0.2) is 9.98 Å². The van der Waals surface area contributed by atoms with Crippen LogP contribution in [0.3, 0.4) is 0 Å². The van der Waals surface area contributed by atoms with E-state index >= 15 is 0 Å². The second-order valence-electron chi connectivity index (χ2n) is 4.54. The van der Waals surface area contributed by atoms with Gasteiger partial charge in [-0.05, 0) is 29.8 Å². The highest BCUT2D eigenvalue weighted by atomic mass is 79.9. The van der Waals surface area contributed by atoms with E-state index in [1.807, 2.05) is 19.2 Å². The van der Waals surface area contributed by atoms with E-state index in [0.717, 1.165) is 9.61 Å². The third kappa shape index (κ3) is 2.41. The van der Waals surface area contributed by atoms with E-state index in [2.05, 4.69) is 20.9 Å². The number of rotatable bonds is 1. The van der Waals surface area contributed by atoms with E-state index in [0.29, 0.717) is 19.4 Å².